The maximum Gasteiger partial charge on any atom is 0.255 e. The fourth-order valence-corrected chi connectivity index (χ4v) is 2.13. The summed E-state index contributed by atoms with van der Waals surface area (Å²) in [6.07, 6.45) is 1.45. The van der Waals surface area contributed by atoms with Gasteiger partial charge in [-0.2, -0.15) is 19.6 Å². The number of benzene rings is 1. The Balaban J connectivity index is 1.68. The van der Waals surface area contributed by atoms with E-state index in [2.05, 4.69) is 20.4 Å². The molecule has 0 aliphatic rings. The number of hydrogen-bond donors (Lipinski definition) is 1. The molecule has 0 unspecified atom stereocenters. The van der Waals surface area contributed by atoms with Crippen molar-refractivity contribution in [3.05, 3.63) is 47.4 Å². The van der Waals surface area contributed by atoms with Gasteiger partial charge in [-0.3, -0.25) is 0 Å². The number of rotatable bonds is 5. The van der Waals surface area contributed by atoms with Crippen LogP contribution in [0.15, 0.2) is 36.7 Å². The zero-order valence-electron chi connectivity index (χ0n) is 11.5. The third-order valence-corrected chi connectivity index (χ3v) is 3.38. The summed E-state index contributed by atoms with van der Waals surface area (Å²) in [5.41, 5.74) is 0.828. The van der Waals surface area contributed by atoms with Gasteiger partial charge in [0.25, 0.3) is 5.78 Å². The predicted octanol–water partition coefficient (Wildman–Crippen LogP) is 2.58. The first-order chi connectivity index (χ1) is 10.3. The Kier molecular flexibility index (Phi) is 3.87. The topological polar surface area (TPSA) is 64.3 Å². The lowest BCUT2D eigenvalue weighted by atomic mass is 10.3. The number of para-hydroxylation sites is 1. The van der Waals surface area contributed by atoms with Gasteiger partial charge in [0, 0.05) is 5.56 Å². The van der Waals surface area contributed by atoms with E-state index in [0.29, 0.717) is 24.1 Å². The monoisotopic (exact) mass is 303 g/mol. The third kappa shape index (κ3) is 2.90. The second kappa shape index (κ2) is 5.97. The molecular formula is C14H14ClN5O. The quantitative estimate of drug-likeness (QED) is 0.580. The smallest absolute Gasteiger partial charge is 0.255 e. The van der Waals surface area contributed by atoms with Gasteiger partial charge in [0.15, 0.2) is 0 Å². The van der Waals surface area contributed by atoms with Crippen LogP contribution in [0, 0.1) is 6.92 Å². The highest BCUT2D eigenvalue weighted by Gasteiger charge is 2.11. The van der Waals surface area contributed by atoms with Crippen LogP contribution in [0.2, 0.25) is 5.15 Å². The highest BCUT2D eigenvalue weighted by atomic mass is 35.5. The van der Waals surface area contributed by atoms with Crippen molar-refractivity contribution in [3.63, 3.8) is 0 Å². The standard InChI is InChI=1S/C14H14ClN5O/c1-10-12(15)19-14-17-9-18-20(14)13(10)16-7-8-21-11-5-3-2-4-6-11/h2-6,9,16H,7-8H2,1H3. The van der Waals surface area contributed by atoms with Gasteiger partial charge in [-0.1, -0.05) is 29.8 Å². The minimum Gasteiger partial charge on any atom is -0.492 e. The van der Waals surface area contributed by atoms with Crippen LogP contribution in [0.5, 0.6) is 5.75 Å². The molecule has 2 aromatic heterocycles. The number of nitrogens with zero attached hydrogens (tertiary/aromatic N) is 4. The van der Waals surface area contributed by atoms with Crippen molar-refractivity contribution in [2.75, 3.05) is 18.5 Å². The first-order valence-electron chi connectivity index (χ1n) is 6.53. The minimum absolute atomic E-state index is 0.418. The molecule has 0 fully saturated rings. The van der Waals surface area contributed by atoms with Gasteiger partial charge in [0.2, 0.25) is 0 Å². The van der Waals surface area contributed by atoms with Crippen LogP contribution in [0.3, 0.4) is 0 Å². The molecule has 0 atom stereocenters. The molecule has 0 amide bonds. The van der Waals surface area contributed by atoms with Gasteiger partial charge in [0.1, 0.15) is 29.7 Å². The van der Waals surface area contributed by atoms with Crippen LogP contribution in [0.1, 0.15) is 5.56 Å². The number of halogens is 1. The molecule has 0 spiro atoms. The van der Waals surface area contributed by atoms with Crippen molar-refractivity contribution < 1.29 is 4.74 Å². The number of aromatic nitrogens is 4. The Morgan fingerprint density at radius 3 is 2.90 bits per heavy atom. The van der Waals surface area contributed by atoms with Gasteiger partial charge in [-0.05, 0) is 19.1 Å². The van der Waals surface area contributed by atoms with Gasteiger partial charge >= 0.3 is 0 Å². The van der Waals surface area contributed by atoms with Gasteiger partial charge in [0.05, 0.1) is 6.54 Å². The molecule has 0 aliphatic heterocycles. The molecular weight excluding hydrogens is 290 g/mol. The Hall–Kier alpha value is -2.34. The van der Waals surface area contributed by atoms with E-state index < -0.39 is 0 Å². The molecule has 1 aromatic carbocycles. The Morgan fingerprint density at radius 1 is 1.29 bits per heavy atom. The van der Waals surface area contributed by atoms with E-state index in [1.165, 1.54) is 6.33 Å². The fourth-order valence-electron chi connectivity index (χ4n) is 1.96. The molecule has 0 saturated carbocycles. The lowest BCUT2D eigenvalue weighted by molar-refractivity contribution is 0.332. The molecule has 1 N–H and O–H groups in total. The van der Waals surface area contributed by atoms with Crippen molar-refractivity contribution in [3.8, 4) is 5.75 Å². The molecule has 7 heteroatoms. The van der Waals surface area contributed by atoms with Crippen LogP contribution in [0.25, 0.3) is 5.78 Å². The van der Waals surface area contributed by atoms with Crippen molar-refractivity contribution in [2.24, 2.45) is 0 Å². The van der Waals surface area contributed by atoms with Gasteiger partial charge < -0.3 is 10.1 Å². The van der Waals surface area contributed by atoms with Crippen molar-refractivity contribution in [2.45, 2.75) is 6.92 Å². The maximum atomic E-state index is 6.09. The average molecular weight is 304 g/mol. The van der Waals surface area contributed by atoms with Crippen molar-refractivity contribution in [1.82, 2.24) is 19.6 Å². The first-order valence-corrected chi connectivity index (χ1v) is 6.91. The van der Waals surface area contributed by atoms with Gasteiger partial charge in [-0.25, -0.2) is 0 Å². The van der Waals surface area contributed by atoms with Crippen LogP contribution in [0.4, 0.5) is 5.82 Å². The summed E-state index contributed by atoms with van der Waals surface area (Å²) in [7, 11) is 0. The highest BCUT2D eigenvalue weighted by molar-refractivity contribution is 6.30. The molecule has 6 nitrogen and oxygen atoms in total. The number of fused-ring (bicyclic) bond motifs is 1. The highest BCUT2D eigenvalue weighted by Crippen LogP contribution is 2.21. The zero-order chi connectivity index (χ0) is 14.7. The normalized spacial score (nSPS) is 10.8. The van der Waals surface area contributed by atoms with Crippen LogP contribution in [-0.4, -0.2) is 32.7 Å². The molecule has 0 aliphatic carbocycles. The number of nitrogens with one attached hydrogen (secondary N) is 1. The Morgan fingerprint density at radius 2 is 2.10 bits per heavy atom. The van der Waals surface area contributed by atoms with Crippen LogP contribution >= 0.6 is 11.6 Å². The van der Waals surface area contributed by atoms with Crippen molar-refractivity contribution in [1.29, 1.82) is 0 Å². The lowest BCUT2D eigenvalue weighted by Crippen LogP contribution is -2.15. The van der Waals surface area contributed by atoms with E-state index in [1.54, 1.807) is 4.52 Å². The van der Waals surface area contributed by atoms with Crippen LogP contribution < -0.4 is 10.1 Å². The van der Waals surface area contributed by atoms with E-state index in [0.717, 1.165) is 17.1 Å². The summed E-state index contributed by atoms with van der Waals surface area (Å²) >= 11 is 6.09. The molecule has 0 bridgehead atoms. The summed E-state index contributed by atoms with van der Waals surface area (Å²) in [6, 6.07) is 9.67. The van der Waals surface area contributed by atoms with E-state index in [9.17, 15) is 0 Å². The summed E-state index contributed by atoms with van der Waals surface area (Å²) < 4.78 is 7.26. The Bertz CT molecular complexity index is 744. The number of hydrogen-bond acceptors (Lipinski definition) is 5. The number of ether oxygens (including phenoxy) is 1. The van der Waals surface area contributed by atoms with Gasteiger partial charge in [-0.15, -0.1) is 0 Å². The second-order valence-electron chi connectivity index (χ2n) is 4.44. The maximum absolute atomic E-state index is 6.09. The molecule has 3 aromatic rings. The lowest BCUT2D eigenvalue weighted by Gasteiger charge is -2.12. The second-order valence-corrected chi connectivity index (χ2v) is 4.79. The van der Waals surface area contributed by atoms with E-state index in [1.807, 2.05) is 37.3 Å². The molecule has 2 heterocycles. The molecule has 21 heavy (non-hydrogen) atoms. The SMILES string of the molecule is Cc1c(Cl)nc2ncnn2c1NCCOc1ccccc1. The summed E-state index contributed by atoms with van der Waals surface area (Å²) in [5.74, 6) is 2.09. The van der Waals surface area contributed by atoms with Crippen LogP contribution in [-0.2, 0) is 0 Å². The predicted molar refractivity (Wildman–Crippen MR) is 81.0 cm³/mol. The average Bonchev–Trinajstić information content (AvgIpc) is 2.96. The van der Waals surface area contributed by atoms with E-state index >= 15 is 0 Å². The minimum atomic E-state index is 0.418. The third-order valence-electron chi connectivity index (χ3n) is 3.01. The van der Waals surface area contributed by atoms with Crippen molar-refractivity contribution >= 4 is 23.2 Å². The largest absolute Gasteiger partial charge is 0.492 e. The number of anilines is 1. The zero-order valence-corrected chi connectivity index (χ0v) is 12.2. The Labute approximate surface area is 126 Å². The van der Waals surface area contributed by atoms with E-state index in [-0.39, 0.29) is 0 Å². The summed E-state index contributed by atoms with van der Waals surface area (Å²) in [4.78, 5) is 8.20. The molecule has 0 radical (unpaired) electrons. The summed E-state index contributed by atoms with van der Waals surface area (Å²) in [5, 5.41) is 7.82. The van der Waals surface area contributed by atoms with E-state index in [4.69, 9.17) is 16.3 Å². The molecule has 0 saturated heterocycles. The summed E-state index contributed by atoms with van der Waals surface area (Å²) in [6.45, 7) is 3.03. The molecule has 3 rings (SSSR count). The first kappa shape index (κ1) is 13.6. The molecule has 108 valence electrons. The fraction of sp³-hybridized carbons (Fsp3) is 0.214.